The van der Waals surface area contributed by atoms with Crippen LogP contribution in [0.4, 0.5) is 0 Å². The van der Waals surface area contributed by atoms with Gasteiger partial charge in [-0.1, -0.05) is 6.07 Å². The molecule has 0 saturated carbocycles. The molecule has 0 spiro atoms. The van der Waals surface area contributed by atoms with E-state index >= 15 is 0 Å². The molecule has 6 heteroatoms. The van der Waals surface area contributed by atoms with Crippen molar-refractivity contribution in [3.8, 4) is 0 Å². The minimum absolute atomic E-state index is 0. The summed E-state index contributed by atoms with van der Waals surface area (Å²) in [6.07, 6.45) is 5.26. The van der Waals surface area contributed by atoms with Gasteiger partial charge in [-0.2, -0.15) is 0 Å². The van der Waals surface area contributed by atoms with E-state index in [1.165, 1.54) is 50.2 Å². The molecule has 0 unspecified atom stereocenters. The lowest BCUT2D eigenvalue weighted by molar-refractivity contribution is 0.330. The fourth-order valence-electron chi connectivity index (χ4n) is 2.57. The number of nitrogens with one attached hydrogen (secondary N) is 2. The molecule has 1 aromatic heterocycles. The Bertz CT molecular complexity index is 402. The first kappa shape index (κ1) is 19.7. The van der Waals surface area contributed by atoms with Crippen molar-refractivity contribution < 1.29 is 0 Å². The minimum atomic E-state index is 0. The van der Waals surface area contributed by atoms with E-state index in [-0.39, 0.29) is 24.0 Å². The summed E-state index contributed by atoms with van der Waals surface area (Å²) in [6.45, 7) is 8.64. The van der Waals surface area contributed by atoms with E-state index in [2.05, 4.69) is 45.0 Å². The molecular formula is C16H29IN4S. The smallest absolute Gasteiger partial charge is 0.191 e. The Morgan fingerprint density at radius 1 is 1.27 bits per heavy atom. The van der Waals surface area contributed by atoms with Gasteiger partial charge in [0, 0.05) is 18.0 Å². The van der Waals surface area contributed by atoms with E-state index in [1.54, 1.807) is 11.3 Å². The third kappa shape index (κ3) is 7.78. The molecule has 0 atom stereocenters. The number of rotatable bonds is 8. The number of hydrogen-bond donors (Lipinski definition) is 2. The van der Waals surface area contributed by atoms with Gasteiger partial charge in [-0.25, -0.2) is 4.99 Å². The summed E-state index contributed by atoms with van der Waals surface area (Å²) in [6, 6.07) is 4.21. The van der Waals surface area contributed by atoms with Crippen LogP contribution >= 0.6 is 35.3 Å². The van der Waals surface area contributed by atoms with Crippen LogP contribution in [0.5, 0.6) is 0 Å². The van der Waals surface area contributed by atoms with Crippen molar-refractivity contribution in [3.05, 3.63) is 22.4 Å². The van der Waals surface area contributed by atoms with Gasteiger partial charge in [-0.3, -0.25) is 0 Å². The number of likely N-dealkylation sites (tertiary alicyclic amines) is 1. The molecule has 22 heavy (non-hydrogen) atoms. The normalized spacial score (nSPS) is 15.6. The van der Waals surface area contributed by atoms with Crippen LogP contribution in [0, 0.1) is 0 Å². The first-order valence-electron chi connectivity index (χ1n) is 8.15. The molecule has 1 fully saturated rings. The third-order valence-electron chi connectivity index (χ3n) is 3.71. The van der Waals surface area contributed by atoms with Crippen LogP contribution in [0.15, 0.2) is 22.5 Å². The van der Waals surface area contributed by atoms with Gasteiger partial charge in [0.15, 0.2) is 5.96 Å². The topological polar surface area (TPSA) is 39.7 Å². The van der Waals surface area contributed by atoms with Gasteiger partial charge in [-0.05, 0) is 63.7 Å². The van der Waals surface area contributed by atoms with Crippen LogP contribution in [0.3, 0.4) is 0 Å². The highest BCUT2D eigenvalue weighted by Gasteiger charge is 2.09. The van der Waals surface area contributed by atoms with E-state index in [0.29, 0.717) is 0 Å². The van der Waals surface area contributed by atoms with Gasteiger partial charge in [0.25, 0.3) is 0 Å². The van der Waals surface area contributed by atoms with Gasteiger partial charge >= 0.3 is 0 Å². The fourth-order valence-corrected chi connectivity index (χ4v) is 3.20. The monoisotopic (exact) mass is 436 g/mol. The summed E-state index contributed by atoms with van der Waals surface area (Å²) < 4.78 is 0. The van der Waals surface area contributed by atoms with Crippen LogP contribution in [0.25, 0.3) is 0 Å². The lowest BCUT2D eigenvalue weighted by Gasteiger charge is -2.15. The summed E-state index contributed by atoms with van der Waals surface area (Å²) in [4.78, 5) is 8.51. The molecule has 0 amide bonds. The van der Waals surface area contributed by atoms with Gasteiger partial charge in [0.1, 0.15) is 0 Å². The van der Waals surface area contributed by atoms with Crippen LogP contribution in [0.2, 0.25) is 0 Å². The van der Waals surface area contributed by atoms with Crippen molar-refractivity contribution in [2.45, 2.75) is 39.2 Å². The van der Waals surface area contributed by atoms with Crippen LogP contribution in [-0.2, 0) is 6.54 Å². The Labute approximate surface area is 155 Å². The second-order valence-electron chi connectivity index (χ2n) is 5.46. The van der Waals surface area contributed by atoms with E-state index in [1.807, 2.05) is 0 Å². The number of nitrogens with zero attached hydrogens (tertiary/aromatic N) is 2. The van der Waals surface area contributed by atoms with Crippen molar-refractivity contribution in [1.29, 1.82) is 0 Å². The summed E-state index contributed by atoms with van der Waals surface area (Å²) in [5, 5.41) is 8.84. The van der Waals surface area contributed by atoms with Crippen LogP contribution in [0.1, 0.15) is 37.5 Å². The van der Waals surface area contributed by atoms with Crippen molar-refractivity contribution in [1.82, 2.24) is 15.5 Å². The molecule has 0 radical (unpaired) electrons. The molecule has 1 aliphatic heterocycles. The summed E-state index contributed by atoms with van der Waals surface area (Å²) in [5.41, 5.74) is 0. The van der Waals surface area contributed by atoms with Crippen molar-refractivity contribution >= 4 is 41.3 Å². The lowest BCUT2D eigenvalue weighted by atomic mass is 10.3. The summed E-state index contributed by atoms with van der Waals surface area (Å²) in [7, 11) is 0. The Kier molecular flexibility index (Phi) is 10.9. The maximum Gasteiger partial charge on any atom is 0.191 e. The second-order valence-corrected chi connectivity index (χ2v) is 6.49. The molecule has 1 aromatic rings. The Morgan fingerprint density at radius 3 is 2.77 bits per heavy atom. The standard InChI is InChI=1S/C16H28N4S.HI/c1-2-17-16(19-14-15-8-7-13-21-15)18-9-3-4-10-20-11-5-6-12-20;/h7-8,13H,2-6,9-12,14H2,1H3,(H2,17,18,19);1H. The zero-order chi connectivity index (χ0) is 14.8. The SMILES string of the molecule is CCNC(=NCc1cccs1)NCCCCN1CCCC1.I. The average molecular weight is 436 g/mol. The maximum absolute atomic E-state index is 4.63. The van der Waals surface area contributed by atoms with E-state index < -0.39 is 0 Å². The van der Waals surface area contributed by atoms with E-state index in [4.69, 9.17) is 0 Å². The minimum Gasteiger partial charge on any atom is -0.357 e. The lowest BCUT2D eigenvalue weighted by Crippen LogP contribution is -2.37. The fraction of sp³-hybridized carbons (Fsp3) is 0.688. The first-order chi connectivity index (χ1) is 10.4. The third-order valence-corrected chi connectivity index (χ3v) is 4.57. The first-order valence-corrected chi connectivity index (χ1v) is 9.03. The molecule has 2 N–H and O–H groups in total. The van der Waals surface area contributed by atoms with Gasteiger partial charge in [-0.15, -0.1) is 35.3 Å². The van der Waals surface area contributed by atoms with Crippen molar-refractivity contribution in [2.24, 2.45) is 4.99 Å². The largest absolute Gasteiger partial charge is 0.357 e. The summed E-state index contributed by atoms with van der Waals surface area (Å²) in [5.74, 6) is 0.937. The molecule has 2 rings (SSSR count). The molecule has 4 nitrogen and oxygen atoms in total. The van der Waals surface area contributed by atoms with Crippen LogP contribution in [-0.4, -0.2) is 43.6 Å². The average Bonchev–Trinajstić information content (AvgIpc) is 3.17. The molecule has 0 bridgehead atoms. The molecular weight excluding hydrogens is 407 g/mol. The zero-order valence-corrected chi connectivity index (χ0v) is 16.7. The zero-order valence-electron chi connectivity index (χ0n) is 13.5. The number of aliphatic imine (C=N–C) groups is 1. The number of guanidine groups is 1. The number of hydrogen-bond acceptors (Lipinski definition) is 3. The van der Waals surface area contributed by atoms with Crippen molar-refractivity contribution in [3.63, 3.8) is 0 Å². The Morgan fingerprint density at radius 2 is 2.09 bits per heavy atom. The predicted molar refractivity (Wildman–Crippen MR) is 107 cm³/mol. The molecule has 0 aromatic carbocycles. The highest BCUT2D eigenvalue weighted by molar-refractivity contribution is 14.0. The number of halogens is 1. The highest BCUT2D eigenvalue weighted by Crippen LogP contribution is 2.09. The van der Waals surface area contributed by atoms with Gasteiger partial charge in [0.2, 0.25) is 0 Å². The molecule has 0 aliphatic carbocycles. The molecule has 126 valence electrons. The highest BCUT2D eigenvalue weighted by atomic mass is 127. The van der Waals surface area contributed by atoms with E-state index in [9.17, 15) is 0 Å². The van der Waals surface area contributed by atoms with Gasteiger partial charge in [0.05, 0.1) is 6.54 Å². The van der Waals surface area contributed by atoms with Crippen molar-refractivity contribution in [2.75, 3.05) is 32.7 Å². The molecule has 1 saturated heterocycles. The molecule has 2 heterocycles. The number of thiophene rings is 1. The Hall–Kier alpha value is -0.340. The van der Waals surface area contributed by atoms with Gasteiger partial charge < -0.3 is 15.5 Å². The molecule has 1 aliphatic rings. The van der Waals surface area contributed by atoms with Crippen LogP contribution < -0.4 is 10.6 Å². The Balaban J connectivity index is 0.00000242. The summed E-state index contributed by atoms with van der Waals surface area (Å²) >= 11 is 1.76. The maximum atomic E-state index is 4.63. The predicted octanol–water partition coefficient (Wildman–Crippen LogP) is 3.30. The van der Waals surface area contributed by atoms with E-state index in [0.717, 1.165) is 25.6 Å². The quantitative estimate of drug-likeness (QED) is 0.284. The second kappa shape index (κ2) is 12.1. The number of unbranched alkanes of at least 4 members (excludes halogenated alkanes) is 1.